The van der Waals surface area contributed by atoms with E-state index >= 15 is 0 Å². The normalized spacial score (nSPS) is 10.2. The third-order valence-electron chi connectivity index (χ3n) is 1.68. The minimum absolute atomic E-state index is 0.00884. The number of hydrogen-bond acceptors (Lipinski definition) is 2. The van der Waals surface area contributed by atoms with Crippen molar-refractivity contribution in [3.8, 4) is 5.75 Å². The number of rotatable bonds is 2. The molecular formula is C10H12O2. The second-order valence-electron chi connectivity index (χ2n) is 3.07. The van der Waals surface area contributed by atoms with Gasteiger partial charge in [-0.1, -0.05) is 13.8 Å². The Hall–Kier alpha value is -1.31. The van der Waals surface area contributed by atoms with Crippen LogP contribution < -0.4 is 0 Å². The topological polar surface area (TPSA) is 37.3 Å². The minimum atomic E-state index is 0.00884. The van der Waals surface area contributed by atoms with Crippen molar-refractivity contribution < 1.29 is 9.90 Å². The molecular weight excluding hydrogens is 152 g/mol. The van der Waals surface area contributed by atoms with Crippen LogP contribution in [-0.4, -0.2) is 10.9 Å². The molecule has 0 aliphatic rings. The molecule has 0 heterocycles. The smallest absolute Gasteiger partial charge is 0.165 e. The van der Waals surface area contributed by atoms with Crippen molar-refractivity contribution in [1.82, 2.24) is 0 Å². The van der Waals surface area contributed by atoms with Crippen LogP contribution in [0.2, 0.25) is 0 Å². The van der Waals surface area contributed by atoms with Gasteiger partial charge in [-0.25, -0.2) is 0 Å². The van der Waals surface area contributed by atoms with Crippen LogP contribution in [0.25, 0.3) is 0 Å². The summed E-state index contributed by atoms with van der Waals surface area (Å²) in [5.74, 6) is 0.305. The van der Waals surface area contributed by atoms with Crippen molar-refractivity contribution in [1.29, 1.82) is 0 Å². The van der Waals surface area contributed by atoms with Crippen molar-refractivity contribution in [3.05, 3.63) is 29.8 Å². The first-order chi connectivity index (χ1) is 5.61. The lowest BCUT2D eigenvalue weighted by molar-refractivity contribution is 0.0939. The Kier molecular flexibility index (Phi) is 2.48. The molecule has 1 N–H and O–H groups in total. The van der Waals surface area contributed by atoms with E-state index in [1.54, 1.807) is 12.1 Å². The Bertz CT molecular complexity index is 272. The second kappa shape index (κ2) is 3.39. The Morgan fingerprint density at radius 3 is 2.17 bits per heavy atom. The first-order valence-corrected chi connectivity index (χ1v) is 3.94. The lowest BCUT2D eigenvalue weighted by Gasteiger charge is -2.02. The molecule has 0 amide bonds. The van der Waals surface area contributed by atoms with Gasteiger partial charge < -0.3 is 5.11 Å². The van der Waals surface area contributed by atoms with Crippen molar-refractivity contribution in [2.24, 2.45) is 5.92 Å². The average Bonchev–Trinajstić information content (AvgIpc) is 2.04. The maximum atomic E-state index is 11.4. The number of aromatic hydroxyl groups is 1. The molecule has 0 aliphatic heterocycles. The Labute approximate surface area is 71.8 Å². The number of carbonyl (C=O) groups excluding carboxylic acids is 1. The maximum Gasteiger partial charge on any atom is 0.165 e. The fourth-order valence-corrected chi connectivity index (χ4v) is 0.959. The van der Waals surface area contributed by atoms with Gasteiger partial charge in [-0.3, -0.25) is 4.79 Å². The van der Waals surface area contributed by atoms with Gasteiger partial charge >= 0.3 is 0 Å². The Balaban J connectivity index is 2.90. The highest BCUT2D eigenvalue weighted by Crippen LogP contribution is 2.12. The van der Waals surface area contributed by atoms with Gasteiger partial charge in [0, 0.05) is 11.5 Å². The summed E-state index contributed by atoms with van der Waals surface area (Å²) in [5, 5.41) is 8.97. The van der Waals surface area contributed by atoms with Crippen LogP contribution in [0.1, 0.15) is 24.2 Å². The molecule has 2 nitrogen and oxygen atoms in total. The van der Waals surface area contributed by atoms with Gasteiger partial charge in [-0.05, 0) is 24.3 Å². The largest absolute Gasteiger partial charge is 0.508 e. The van der Waals surface area contributed by atoms with E-state index in [4.69, 9.17) is 5.11 Å². The molecule has 12 heavy (non-hydrogen) atoms. The molecule has 1 rings (SSSR count). The number of carbonyl (C=O) groups is 1. The molecule has 0 atom stereocenters. The molecule has 0 spiro atoms. The SMILES string of the molecule is CC(C)C(=O)c1ccc(O)cc1. The highest BCUT2D eigenvalue weighted by Gasteiger charge is 2.09. The minimum Gasteiger partial charge on any atom is -0.508 e. The molecule has 0 saturated heterocycles. The summed E-state index contributed by atoms with van der Waals surface area (Å²) >= 11 is 0. The van der Waals surface area contributed by atoms with E-state index in [2.05, 4.69) is 0 Å². The monoisotopic (exact) mass is 164 g/mol. The third-order valence-corrected chi connectivity index (χ3v) is 1.68. The number of phenols is 1. The first-order valence-electron chi connectivity index (χ1n) is 3.94. The van der Waals surface area contributed by atoms with Crippen LogP contribution in [0.3, 0.4) is 0 Å². The van der Waals surface area contributed by atoms with Gasteiger partial charge in [-0.15, -0.1) is 0 Å². The lowest BCUT2D eigenvalue weighted by atomic mass is 10.0. The van der Waals surface area contributed by atoms with Crippen molar-refractivity contribution >= 4 is 5.78 Å². The summed E-state index contributed by atoms with van der Waals surface area (Å²) in [6, 6.07) is 6.32. The molecule has 1 aromatic carbocycles. The molecule has 0 saturated carbocycles. The van der Waals surface area contributed by atoms with Gasteiger partial charge in [0.15, 0.2) is 5.78 Å². The standard InChI is InChI=1S/C10H12O2/c1-7(2)10(12)8-3-5-9(11)6-4-8/h3-7,11H,1-2H3. The number of hydrogen-bond donors (Lipinski definition) is 1. The predicted octanol–water partition coefficient (Wildman–Crippen LogP) is 2.23. The van der Waals surface area contributed by atoms with Crippen LogP contribution in [0, 0.1) is 5.92 Å². The predicted molar refractivity (Wildman–Crippen MR) is 47.3 cm³/mol. The summed E-state index contributed by atoms with van der Waals surface area (Å²) in [6.07, 6.45) is 0. The molecule has 0 unspecified atom stereocenters. The van der Waals surface area contributed by atoms with E-state index in [1.807, 2.05) is 13.8 Å². The fraction of sp³-hybridized carbons (Fsp3) is 0.300. The summed E-state index contributed by atoms with van der Waals surface area (Å²) in [4.78, 5) is 11.4. The number of phenolic OH excluding ortho intramolecular Hbond substituents is 1. The summed E-state index contributed by atoms with van der Waals surface area (Å²) < 4.78 is 0. The summed E-state index contributed by atoms with van der Waals surface area (Å²) in [6.45, 7) is 3.71. The molecule has 1 aromatic rings. The van der Waals surface area contributed by atoms with Gasteiger partial charge in [0.25, 0.3) is 0 Å². The molecule has 2 heteroatoms. The van der Waals surface area contributed by atoms with Crippen LogP contribution >= 0.6 is 0 Å². The maximum absolute atomic E-state index is 11.4. The number of benzene rings is 1. The zero-order valence-corrected chi connectivity index (χ0v) is 7.24. The van der Waals surface area contributed by atoms with E-state index in [0.717, 1.165) is 0 Å². The number of ketones is 1. The zero-order valence-electron chi connectivity index (χ0n) is 7.24. The van der Waals surface area contributed by atoms with Gasteiger partial charge in [0.05, 0.1) is 0 Å². The number of Topliss-reactive ketones (excluding diaryl/α,β-unsaturated/α-hetero) is 1. The summed E-state index contributed by atoms with van der Waals surface area (Å²) in [5.41, 5.74) is 0.655. The first kappa shape index (κ1) is 8.78. The zero-order chi connectivity index (χ0) is 9.14. The molecule has 0 aromatic heterocycles. The third kappa shape index (κ3) is 1.84. The van der Waals surface area contributed by atoms with Crippen LogP contribution in [0.15, 0.2) is 24.3 Å². The lowest BCUT2D eigenvalue weighted by Crippen LogP contribution is -2.06. The highest BCUT2D eigenvalue weighted by molar-refractivity contribution is 5.97. The van der Waals surface area contributed by atoms with Crippen molar-refractivity contribution in [2.75, 3.05) is 0 Å². The molecule has 0 radical (unpaired) electrons. The van der Waals surface area contributed by atoms with Crippen molar-refractivity contribution in [3.63, 3.8) is 0 Å². The average molecular weight is 164 g/mol. The molecule has 0 bridgehead atoms. The molecule has 0 aliphatic carbocycles. The van der Waals surface area contributed by atoms with E-state index in [9.17, 15) is 4.79 Å². The van der Waals surface area contributed by atoms with Crippen LogP contribution in [0.5, 0.6) is 5.75 Å². The van der Waals surface area contributed by atoms with Crippen LogP contribution in [0.4, 0.5) is 0 Å². The van der Waals surface area contributed by atoms with E-state index in [0.29, 0.717) is 5.56 Å². The quantitative estimate of drug-likeness (QED) is 0.680. The Morgan fingerprint density at radius 1 is 1.25 bits per heavy atom. The Morgan fingerprint density at radius 2 is 1.75 bits per heavy atom. The highest BCUT2D eigenvalue weighted by atomic mass is 16.3. The fourth-order valence-electron chi connectivity index (χ4n) is 0.959. The van der Waals surface area contributed by atoms with E-state index in [-0.39, 0.29) is 17.5 Å². The van der Waals surface area contributed by atoms with Gasteiger partial charge in [0.2, 0.25) is 0 Å². The van der Waals surface area contributed by atoms with Crippen LogP contribution in [-0.2, 0) is 0 Å². The molecule has 64 valence electrons. The van der Waals surface area contributed by atoms with Crippen molar-refractivity contribution in [2.45, 2.75) is 13.8 Å². The summed E-state index contributed by atoms with van der Waals surface area (Å²) in [7, 11) is 0. The van der Waals surface area contributed by atoms with Gasteiger partial charge in [-0.2, -0.15) is 0 Å². The second-order valence-corrected chi connectivity index (χ2v) is 3.07. The molecule has 0 fully saturated rings. The van der Waals surface area contributed by atoms with Gasteiger partial charge in [0.1, 0.15) is 5.75 Å². The van der Waals surface area contributed by atoms with E-state index in [1.165, 1.54) is 12.1 Å². The van der Waals surface area contributed by atoms with E-state index < -0.39 is 0 Å².